The van der Waals surface area contributed by atoms with E-state index in [0.717, 1.165) is 35.7 Å². The monoisotopic (exact) mass is 260 g/mol. The van der Waals surface area contributed by atoms with Crippen LogP contribution in [0.5, 0.6) is 5.75 Å². The zero-order valence-electron chi connectivity index (χ0n) is 11.3. The summed E-state index contributed by atoms with van der Waals surface area (Å²) in [4.78, 5) is 0. The second-order valence-electron chi connectivity index (χ2n) is 4.55. The van der Waals surface area contributed by atoms with Crippen molar-refractivity contribution in [2.75, 3.05) is 18.4 Å². The molecular formula is C14H20N4O. The molecule has 0 unspecified atom stereocenters. The lowest BCUT2D eigenvalue weighted by Gasteiger charge is -2.07. The Labute approximate surface area is 113 Å². The second-order valence-corrected chi connectivity index (χ2v) is 4.55. The van der Waals surface area contributed by atoms with E-state index in [1.165, 1.54) is 0 Å². The normalized spacial score (nSPS) is 10.7. The van der Waals surface area contributed by atoms with Gasteiger partial charge in [-0.15, -0.1) is 0 Å². The molecule has 0 aliphatic heterocycles. The highest BCUT2D eigenvalue weighted by Gasteiger charge is 2.12. The number of phenolic OH excluding ortho intramolecular Hbond substituents is 1. The van der Waals surface area contributed by atoms with Gasteiger partial charge < -0.3 is 16.2 Å². The van der Waals surface area contributed by atoms with E-state index in [0.29, 0.717) is 6.54 Å². The lowest BCUT2D eigenvalue weighted by Crippen LogP contribution is -2.09. The first kappa shape index (κ1) is 13.4. The molecule has 0 aliphatic rings. The summed E-state index contributed by atoms with van der Waals surface area (Å²) in [5, 5.41) is 17.4. The number of aryl methyl sites for hydroxylation is 1. The van der Waals surface area contributed by atoms with E-state index in [2.05, 4.69) is 10.4 Å². The molecule has 1 heterocycles. The molecule has 1 aromatic carbocycles. The van der Waals surface area contributed by atoms with Gasteiger partial charge >= 0.3 is 0 Å². The van der Waals surface area contributed by atoms with E-state index >= 15 is 0 Å². The quantitative estimate of drug-likeness (QED) is 0.718. The smallest absolute Gasteiger partial charge is 0.117 e. The van der Waals surface area contributed by atoms with Gasteiger partial charge in [-0.3, -0.25) is 0 Å². The zero-order valence-corrected chi connectivity index (χ0v) is 11.3. The van der Waals surface area contributed by atoms with Gasteiger partial charge in [-0.2, -0.15) is 5.10 Å². The summed E-state index contributed by atoms with van der Waals surface area (Å²) >= 11 is 0. The molecule has 4 N–H and O–H groups in total. The molecule has 0 aliphatic carbocycles. The van der Waals surface area contributed by atoms with Crippen molar-refractivity contribution < 1.29 is 5.11 Å². The first-order valence-corrected chi connectivity index (χ1v) is 6.43. The fourth-order valence-corrected chi connectivity index (χ4v) is 2.09. The van der Waals surface area contributed by atoms with Crippen LogP contribution in [0.1, 0.15) is 17.8 Å². The van der Waals surface area contributed by atoms with Crippen molar-refractivity contribution in [2.24, 2.45) is 5.73 Å². The number of phenols is 1. The van der Waals surface area contributed by atoms with Crippen LogP contribution in [0.4, 0.5) is 5.69 Å². The molecule has 0 spiro atoms. The van der Waals surface area contributed by atoms with Crippen LogP contribution < -0.4 is 11.1 Å². The molecule has 0 bridgehead atoms. The van der Waals surface area contributed by atoms with E-state index in [9.17, 15) is 5.11 Å². The Balaban J connectivity index is 2.30. The van der Waals surface area contributed by atoms with Gasteiger partial charge in [0.15, 0.2) is 0 Å². The van der Waals surface area contributed by atoms with Crippen LogP contribution in [0.15, 0.2) is 24.3 Å². The molecule has 0 amide bonds. The standard InChI is InChI=1S/C14H20N4O/c1-10-14(16-8-4-7-15)11(2)18(17-10)12-5-3-6-13(19)9-12/h3,5-6,9,16,19H,4,7-8,15H2,1-2H3. The number of hydrogen-bond acceptors (Lipinski definition) is 4. The van der Waals surface area contributed by atoms with Crippen molar-refractivity contribution in [2.45, 2.75) is 20.3 Å². The summed E-state index contributed by atoms with van der Waals surface area (Å²) < 4.78 is 1.83. The molecule has 2 rings (SSSR count). The Morgan fingerprint density at radius 2 is 2.16 bits per heavy atom. The maximum Gasteiger partial charge on any atom is 0.117 e. The summed E-state index contributed by atoms with van der Waals surface area (Å²) in [6, 6.07) is 7.07. The lowest BCUT2D eigenvalue weighted by atomic mass is 10.2. The van der Waals surface area contributed by atoms with Crippen LogP contribution >= 0.6 is 0 Å². The number of anilines is 1. The SMILES string of the molecule is Cc1nn(-c2cccc(O)c2)c(C)c1NCCCN. The van der Waals surface area contributed by atoms with Crippen molar-refractivity contribution in [1.29, 1.82) is 0 Å². The molecule has 0 radical (unpaired) electrons. The molecule has 19 heavy (non-hydrogen) atoms. The predicted octanol–water partition coefficient (Wildman–Crippen LogP) is 1.96. The number of aromatic nitrogens is 2. The van der Waals surface area contributed by atoms with Gasteiger partial charge in [0.05, 0.1) is 22.8 Å². The van der Waals surface area contributed by atoms with Crippen molar-refractivity contribution in [3.8, 4) is 11.4 Å². The van der Waals surface area contributed by atoms with Gasteiger partial charge in [0.25, 0.3) is 0 Å². The maximum atomic E-state index is 9.54. The highest BCUT2D eigenvalue weighted by atomic mass is 16.3. The van der Waals surface area contributed by atoms with Crippen LogP contribution in [0.3, 0.4) is 0 Å². The van der Waals surface area contributed by atoms with Crippen molar-refractivity contribution in [1.82, 2.24) is 9.78 Å². The average molecular weight is 260 g/mol. The van der Waals surface area contributed by atoms with Crippen LogP contribution in [-0.2, 0) is 0 Å². The summed E-state index contributed by atoms with van der Waals surface area (Å²) in [5.41, 5.74) is 9.36. The Morgan fingerprint density at radius 1 is 1.37 bits per heavy atom. The van der Waals surface area contributed by atoms with Crippen molar-refractivity contribution in [3.63, 3.8) is 0 Å². The molecule has 2 aromatic rings. The van der Waals surface area contributed by atoms with Gasteiger partial charge in [-0.25, -0.2) is 4.68 Å². The summed E-state index contributed by atoms with van der Waals surface area (Å²) in [6.45, 7) is 5.49. The van der Waals surface area contributed by atoms with Crippen molar-refractivity contribution in [3.05, 3.63) is 35.7 Å². The van der Waals surface area contributed by atoms with E-state index in [1.54, 1.807) is 12.1 Å². The summed E-state index contributed by atoms with van der Waals surface area (Å²) in [7, 11) is 0. The van der Waals surface area contributed by atoms with Gasteiger partial charge in [0.2, 0.25) is 0 Å². The van der Waals surface area contributed by atoms with E-state index in [1.807, 2.05) is 30.7 Å². The topological polar surface area (TPSA) is 76.1 Å². The predicted molar refractivity (Wildman–Crippen MR) is 76.9 cm³/mol. The Bertz CT molecular complexity index is 563. The van der Waals surface area contributed by atoms with E-state index < -0.39 is 0 Å². The summed E-state index contributed by atoms with van der Waals surface area (Å²) in [6.07, 6.45) is 0.927. The molecule has 5 heteroatoms. The van der Waals surface area contributed by atoms with Gasteiger partial charge in [-0.1, -0.05) is 6.07 Å². The fraction of sp³-hybridized carbons (Fsp3) is 0.357. The van der Waals surface area contributed by atoms with Gasteiger partial charge in [0, 0.05) is 12.6 Å². The van der Waals surface area contributed by atoms with Crippen LogP contribution in [0.25, 0.3) is 5.69 Å². The number of nitrogens with zero attached hydrogens (tertiary/aromatic N) is 2. The number of nitrogens with two attached hydrogens (primary N) is 1. The third kappa shape index (κ3) is 2.88. The van der Waals surface area contributed by atoms with Crippen LogP contribution in [0, 0.1) is 13.8 Å². The first-order valence-electron chi connectivity index (χ1n) is 6.43. The molecule has 0 fully saturated rings. The number of rotatable bonds is 5. The summed E-state index contributed by atoms with van der Waals surface area (Å²) in [5.74, 6) is 0.239. The molecule has 5 nitrogen and oxygen atoms in total. The third-order valence-corrected chi connectivity index (χ3v) is 3.05. The van der Waals surface area contributed by atoms with E-state index in [-0.39, 0.29) is 5.75 Å². The minimum Gasteiger partial charge on any atom is -0.508 e. The first-order chi connectivity index (χ1) is 9.13. The number of hydrogen-bond donors (Lipinski definition) is 3. The van der Waals surface area contributed by atoms with Crippen LogP contribution in [0.2, 0.25) is 0 Å². The average Bonchev–Trinajstić information content (AvgIpc) is 2.67. The van der Waals surface area contributed by atoms with E-state index in [4.69, 9.17) is 5.73 Å². The van der Waals surface area contributed by atoms with Gasteiger partial charge in [0.1, 0.15) is 5.75 Å². The Kier molecular flexibility index (Phi) is 4.06. The zero-order chi connectivity index (χ0) is 13.8. The maximum absolute atomic E-state index is 9.54. The number of nitrogens with one attached hydrogen (secondary N) is 1. The van der Waals surface area contributed by atoms with Gasteiger partial charge in [-0.05, 0) is 38.9 Å². The molecule has 0 saturated heterocycles. The molecule has 0 saturated carbocycles. The molecule has 102 valence electrons. The van der Waals surface area contributed by atoms with Crippen molar-refractivity contribution >= 4 is 5.69 Å². The molecular weight excluding hydrogens is 240 g/mol. The minimum absolute atomic E-state index is 0.239. The van der Waals surface area contributed by atoms with Crippen LogP contribution in [-0.4, -0.2) is 28.0 Å². The minimum atomic E-state index is 0.239. The Morgan fingerprint density at radius 3 is 2.84 bits per heavy atom. The number of aromatic hydroxyl groups is 1. The lowest BCUT2D eigenvalue weighted by molar-refractivity contribution is 0.474. The Hall–Kier alpha value is -2.01. The largest absolute Gasteiger partial charge is 0.508 e. The molecule has 1 aromatic heterocycles. The third-order valence-electron chi connectivity index (χ3n) is 3.05. The number of benzene rings is 1. The fourth-order valence-electron chi connectivity index (χ4n) is 2.09. The highest BCUT2D eigenvalue weighted by Crippen LogP contribution is 2.24. The second kappa shape index (κ2) is 5.75. The highest BCUT2D eigenvalue weighted by molar-refractivity contribution is 5.55. The molecule has 0 atom stereocenters.